The van der Waals surface area contributed by atoms with E-state index >= 15 is 0 Å². The van der Waals surface area contributed by atoms with Gasteiger partial charge in [0, 0.05) is 12.6 Å². The number of benzene rings is 2. The van der Waals surface area contributed by atoms with Crippen LogP contribution in [0.3, 0.4) is 0 Å². The topological polar surface area (TPSA) is 92.6 Å². The number of nitro groups is 1. The average molecular weight is 486 g/mol. The van der Waals surface area contributed by atoms with Crippen molar-refractivity contribution >= 4 is 38.9 Å². The lowest BCUT2D eigenvalue weighted by Crippen LogP contribution is -2.35. The lowest BCUT2D eigenvalue weighted by molar-refractivity contribution is -0.388. The molecule has 2 rings (SSSR count). The molecule has 2 aromatic rings. The SMILES string of the molecule is CN(C)C[C@@H](NS(=O)(=O)c1ccc(C(F)(F)F)c([N+](=O)[O-])c1)c1ccc(Cl)c(Cl)c1. The van der Waals surface area contributed by atoms with Gasteiger partial charge in [-0.15, -0.1) is 0 Å². The molecule has 0 fully saturated rings. The summed E-state index contributed by atoms with van der Waals surface area (Å²) in [5.41, 5.74) is -2.45. The molecule has 164 valence electrons. The maximum absolute atomic E-state index is 13.0. The largest absolute Gasteiger partial charge is 0.422 e. The summed E-state index contributed by atoms with van der Waals surface area (Å²) >= 11 is 11.9. The van der Waals surface area contributed by atoms with E-state index in [0.29, 0.717) is 23.8 Å². The van der Waals surface area contributed by atoms with E-state index in [9.17, 15) is 31.7 Å². The first-order valence-electron chi connectivity index (χ1n) is 8.20. The Kier molecular flexibility index (Phi) is 7.36. The molecule has 30 heavy (non-hydrogen) atoms. The number of nitrogens with one attached hydrogen (secondary N) is 1. The predicted molar refractivity (Wildman–Crippen MR) is 106 cm³/mol. The summed E-state index contributed by atoms with van der Waals surface area (Å²) in [6, 6.07) is 5.02. The Labute approximate surface area is 180 Å². The standard InChI is InChI=1S/C17H16Cl2F3N3O4S/c1-24(2)9-15(10-3-6-13(18)14(19)7-10)23-30(28,29)11-4-5-12(17(20,21)22)16(8-11)25(26)27/h3-8,15,23H,9H2,1-2H3/t15-/m1/s1. The van der Waals surface area contributed by atoms with Crippen molar-refractivity contribution in [1.29, 1.82) is 0 Å². The van der Waals surface area contributed by atoms with Gasteiger partial charge in [0.25, 0.3) is 5.69 Å². The minimum Gasteiger partial charge on any atom is -0.307 e. The molecule has 0 aromatic heterocycles. The van der Waals surface area contributed by atoms with E-state index in [1.807, 2.05) is 0 Å². The molecule has 0 saturated heterocycles. The smallest absolute Gasteiger partial charge is 0.307 e. The number of likely N-dealkylation sites (N-methyl/N-ethyl adjacent to an activating group) is 1. The molecule has 0 unspecified atom stereocenters. The molecule has 0 spiro atoms. The lowest BCUT2D eigenvalue weighted by atomic mass is 10.1. The summed E-state index contributed by atoms with van der Waals surface area (Å²) in [5, 5.41) is 11.5. The Morgan fingerprint density at radius 3 is 2.27 bits per heavy atom. The summed E-state index contributed by atoms with van der Waals surface area (Å²) in [6.45, 7) is 0.167. The molecule has 0 radical (unpaired) electrons. The monoisotopic (exact) mass is 485 g/mol. The second kappa shape index (κ2) is 9.06. The Bertz CT molecular complexity index is 1060. The van der Waals surface area contributed by atoms with Crippen molar-refractivity contribution in [3.8, 4) is 0 Å². The Morgan fingerprint density at radius 2 is 1.77 bits per heavy atom. The van der Waals surface area contributed by atoms with Gasteiger partial charge in [0.05, 0.1) is 25.9 Å². The Hall–Kier alpha value is -1.92. The summed E-state index contributed by atoms with van der Waals surface area (Å²) in [4.78, 5) is 10.8. The fourth-order valence-corrected chi connectivity index (χ4v) is 4.17. The minimum atomic E-state index is -5.01. The van der Waals surface area contributed by atoms with Crippen molar-refractivity contribution in [2.75, 3.05) is 20.6 Å². The van der Waals surface area contributed by atoms with Crippen LogP contribution >= 0.6 is 23.2 Å². The molecule has 1 N–H and O–H groups in total. The lowest BCUT2D eigenvalue weighted by Gasteiger charge is -2.23. The number of halogens is 5. The quantitative estimate of drug-likeness (QED) is 0.460. The average Bonchev–Trinajstić information content (AvgIpc) is 2.61. The number of rotatable bonds is 7. The van der Waals surface area contributed by atoms with Crippen LogP contribution in [-0.4, -0.2) is 38.9 Å². The molecular formula is C17H16Cl2F3N3O4S. The van der Waals surface area contributed by atoms with Gasteiger partial charge in [0.15, 0.2) is 0 Å². The molecule has 0 aliphatic heterocycles. The second-order valence-corrected chi connectivity index (χ2v) is 9.07. The van der Waals surface area contributed by atoms with Crippen LogP contribution in [0.25, 0.3) is 0 Å². The number of hydrogen-bond acceptors (Lipinski definition) is 5. The van der Waals surface area contributed by atoms with Crippen molar-refractivity contribution in [2.45, 2.75) is 17.1 Å². The van der Waals surface area contributed by atoms with Gasteiger partial charge in [0.1, 0.15) is 5.56 Å². The van der Waals surface area contributed by atoms with Gasteiger partial charge in [0.2, 0.25) is 10.0 Å². The fraction of sp³-hybridized carbons (Fsp3) is 0.294. The van der Waals surface area contributed by atoms with E-state index in [1.54, 1.807) is 25.1 Å². The maximum Gasteiger partial charge on any atom is 0.422 e. The number of nitro benzene ring substituents is 1. The molecule has 0 saturated carbocycles. The third-order valence-corrected chi connectivity index (χ3v) is 6.18. The van der Waals surface area contributed by atoms with E-state index in [0.717, 1.165) is 0 Å². The number of sulfonamides is 1. The highest BCUT2D eigenvalue weighted by Crippen LogP contribution is 2.37. The first kappa shape index (κ1) is 24.4. The molecule has 0 bridgehead atoms. The van der Waals surface area contributed by atoms with Crippen LogP contribution in [0.2, 0.25) is 10.0 Å². The molecule has 0 aliphatic carbocycles. The minimum absolute atomic E-state index is 0.167. The van der Waals surface area contributed by atoms with Gasteiger partial charge in [-0.05, 0) is 43.9 Å². The van der Waals surface area contributed by atoms with Crippen LogP contribution in [0.4, 0.5) is 18.9 Å². The van der Waals surface area contributed by atoms with Crippen LogP contribution in [0.5, 0.6) is 0 Å². The summed E-state index contributed by atoms with van der Waals surface area (Å²) in [7, 11) is -1.05. The molecule has 2 aromatic carbocycles. The maximum atomic E-state index is 13.0. The first-order valence-corrected chi connectivity index (χ1v) is 10.4. The van der Waals surface area contributed by atoms with Gasteiger partial charge < -0.3 is 4.90 Å². The zero-order valence-corrected chi connectivity index (χ0v) is 17.9. The summed E-state index contributed by atoms with van der Waals surface area (Å²) < 4.78 is 66.9. The zero-order valence-electron chi connectivity index (χ0n) is 15.6. The number of alkyl halides is 3. The third-order valence-electron chi connectivity index (χ3n) is 3.97. The predicted octanol–water partition coefficient (Wildman–Crippen LogP) is 4.50. The summed E-state index contributed by atoms with van der Waals surface area (Å²) in [5.74, 6) is 0. The highest BCUT2D eigenvalue weighted by Gasteiger charge is 2.39. The van der Waals surface area contributed by atoms with Crippen molar-refractivity contribution in [1.82, 2.24) is 9.62 Å². The Morgan fingerprint density at radius 1 is 1.13 bits per heavy atom. The number of hydrogen-bond donors (Lipinski definition) is 1. The molecule has 0 aliphatic rings. The molecule has 1 atom stereocenters. The van der Waals surface area contributed by atoms with E-state index in [-0.39, 0.29) is 16.6 Å². The third kappa shape index (κ3) is 5.82. The van der Waals surface area contributed by atoms with Crippen molar-refractivity contribution in [3.05, 3.63) is 67.7 Å². The van der Waals surface area contributed by atoms with Crippen LogP contribution < -0.4 is 4.72 Å². The van der Waals surface area contributed by atoms with E-state index < -0.39 is 43.3 Å². The number of nitrogens with zero attached hydrogens (tertiary/aromatic N) is 2. The van der Waals surface area contributed by atoms with Gasteiger partial charge >= 0.3 is 6.18 Å². The van der Waals surface area contributed by atoms with Crippen LogP contribution in [0.15, 0.2) is 41.3 Å². The molecule has 7 nitrogen and oxygen atoms in total. The van der Waals surface area contributed by atoms with Gasteiger partial charge in [-0.2, -0.15) is 13.2 Å². The van der Waals surface area contributed by atoms with Gasteiger partial charge in [-0.3, -0.25) is 10.1 Å². The van der Waals surface area contributed by atoms with E-state index in [1.165, 1.54) is 12.1 Å². The normalized spacial score (nSPS) is 13.5. The van der Waals surface area contributed by atoms with Crippen LogP contribution in [0.1, 0.15) is 17.2 Å². The van der Waals surface area contributed by atoms with Gasteiger partial charge in [-0.25, -0.2) is 13.1 Å². The van der Waals surface area contributed by atoms with Crippen molar-refractivity contribution in [2.24, 2.45) is 0 Å². The molecule has 0 heterocycles. The molecule has 0 amide bonds. The summed E-state index contributed by atoms with van der Waals surface area (Å²) in [6.07, 6.45) is -5.01. The molecule has 13 heteroatoms. The fourth-order valence-electron chi connectivity index (χ4n) is 2.63. The zero-order chi connectivity index (χ0) is 22.9. The van der Waals surface area contributed by atoms with E-state index in [2.05, 4.69) is 4.72 Å². The van der Waals surface area contributed by atoms with E-state index in [4.69, 9.17) is 23.2 Å². The molecular weight excluding hydrogens is 470 g/mol. The second-order valence-electron chi connectivity index (χ2n) is 6.54. The van der Waals surface area contributed by atoms with Gasteiger partial charge in [-0.1, -0.05) is 29.3 Å². The van der Waals surface area contributed by atoms with Crippen LogP contribution in [-0.2, 0) is 16.2 Å². The van der Waals surface area contributed by atoms with Crippen LogP contribution in [0, 0.1) is 10.1 Å². The first-order chi connectivity index (χ1) is 13.7. The highest BCUT2D eigenvalue weighted by molar-refractivity contribution is 7.89. The highest BCUT2D eigenvalue weighted by atomic mass is 35.5. The van der Waals surface area contributed by atoms with Crippen molar-refractivity contribution < 1.29 is 26.5 Å². The Balaban J connectivity index is 2.48. The van der Waals surface area contributed by atoms with Crippen molar-refractivity contribution in [3.63, 3.8) is 0 Å².